The average molecular weight is 424 g/mol. The van der Waals surface area contributed by atoms with E-state index in [9.17, 15) is 4.79 Å². The summed E-state index contributed by atoms with van der Waals surface area (Å²) < 4.78 is 4.59. The highest BCUT2D eigenvalue weighted by Gasteiger charge is 2.23. The molecule has 0 bridgehead atoms. The minimum atomic E-state index is -0.318. The van der Waals surface area contributed by atoms with Crippen molar-refractivity contribution in [3.8, 4) is 0 Å². The zero-order chi connectivity index (χ0) is 20.3. The number of halogens is 1. The molecule has 1 aromatic heterocycles. The van der Waals surface area contributed by atoms with E-state index in [4.69, 9.17) is 29.6 Å². The maximum atomic E-state index is 11.1. The lowest BCUT2D eigenvalue weighted by molar-refractivity contribution is -0.924. The van der Waals surface area contributed by atoms with Crippen molar-refractivity contribution in [1.29, 1.82) is 0 Å². The van der Waals surface area contributed by atoms with Crippen molar-refractivity contribution in [2.24, 2.45) is 5.73 Å². The third-order valence-electron chi connectivity index (χ3n) is 5.27. The molecule has 0 aliphatic carbocycles. The topological polar surface area (TPSA) is 73.5 Å². The second kappa shape index (κ2) is 9.07. The van der Waals surface area contributed by atoms with Gasteiger partial charge in [-0.15, -0.1) is 0 Å². The van der Waals surface area contributed by atoms with Crippen LogP contribution in [-0.4, -0.2) is 46.4 Å². The molecule has 1 saturated heterocycles. The van der Waals surface area contributed by atoms with Gasteiger partial charge >= 0.3 is 0 Å². The number of hydrogen-bond donors (Lipinski definition) is 2. The number of nitrogens with one attached hydrogen (secondary N) is 1. The maximum Gasteiger partial charge on any atom is 0.217 e. The van der Waals surface area contributed by atoms with E-state index in [1.165, 1.54) is 16.2 Å². The second-order valence-corrected chi connectivity index (χ2v) is 8.04. The van der Waals surface area contributed by atoms with Gasteiger partial charge in [0.15, 0.2) is 6.67 Å². The van der Waals surface area contributed by atoms with Crippen molar-refractivity contribution in [3.63, 3.8) is 0 Å². The standard InChI is InChI=1S/C19H27ClN6OS/c1-3-25-18(7-6-17(21)27)22-26(19(25)28)13-23-8-10-24(11-9-23)16-12-15(20)5-4-14(16)2/h4-5,12H,3,6-11,13H2,1-2H3,(H2,21,27)/p+1. The average Bonchev–Trinajstić information content (AvgIpc) is 2.97. The number of nitrogens with two attached hydrogens (primary N) is 1. The van der Waals surface area contributed by atoms with E-state index in [1.807, 2.05) is 28.3 Å². The number of piperazine rings is 1. The molecule has 3 rings (SSSR count). The van der Waals surface area contributed by atoms with Crippen molar-refractivity contribution >= 4 is 35.4 Å². The number of carbonyl (C=O) groups is 1. The first-order valence-corrected chi connectivity index (χ1v) is 10.5. The lowest BCUT2D eigenvalue weighted by atomic mass is 10.1. The number of rotatable bonds is 7. The third kappa shape index (κ3) is 4.74. The highest BCUT2D eigenvalue weighted by Crippen LogP contribution is 2.24. The molecule has 152 valence electrons. The summed E-state index contributed by atoms with van der Waals surface area (Å²) in [7, 11) is 0. The van der Waals surface area contributed by atoms with Gasteiger partial charge in [0.05, 0.1) is 26.2 Å². The van der Waals surface area contributed by atoms with Crippen molar-refractivity contribution in [3.05, 3.63) is 39.4 Å². The van der Waals surface area contributed by atoms with E-state index in [-0.39, 0.29) is 12.3 Å². The Morgan fingerprint density at radius 1 is 1.36 bits per heavy atom. The van der Waals surface area contributed by atoms with Gasteiger partial charge in [0.2, 0.25) is 10.7 Å². The van der Waals surface area contributed by atoms with Crippen LogP contribution in [0.15, 0.2) is 18.2 Å². The first kappa shape index (κ1) is 20.8. The first-order chi connectivity index (χ1) is 13.4. The van der Waals surface area contributed by atoms with Crippen LogP contribution in [0.3, 0.4) is 0 Å². The Morgan fingerprint density at radius 3 is 2.71 bits per heavy atom. The van der Waals surface area contributed by atoms with Crippen LogP contribution in [0, 0.1) is 11.7 Å². The normalized spacial score (nSPS) is 15.2. The van der Waals surface area contributed by atoms with E-state index in [0.29, 0.717) is 11.2 Å². The van der Waals surface area contributed by atoms with Crippen molar-refractivity contribution in [2.75, 3.05) is 31.1 Å². The highest BCUT2D eigenvalue weighted by molar-refractivity contribution is 7.71. The predicted octanol–water partition coefficient (Wildman–Crippen LogP) is 1.18. The van der Waals surface area contributed by atoms with Crippen molar-refractivity contribution < 1.29 is 9.69 Å². The van der Waals surface area contributed by atoms with Crippen molar-refractivity contribution in [1.82, 2.24) is 14.3 Å². The molecule has 1 aliphatic rings. The summed E-state index contributed by atoms with van der Waals surface area (Å²) in [6.07, 6.45) is 0.813. The molecule has 2 aromatic rings. The molecule has 0 spiro atoms. The van der Waals surface area contributed by atoms with Crippen LogP contribution in [0.1, 0.15) is 24.7 Å². The van der Waals surface area contributed by atoms with Gasteiger partial charge in [-0.25, -0.2) is 0 Å². The van der Waals surface area contributed by atoms with E-state index in [2.05, 4.69) is 23.0 Å². The van der Waals surface area contributed by atoms with Crippen LogP contribution in [-0.2, 0) is 24.4 Å². The van der Waals surface area contributed by atoms with Gasteiger partial charge in [0.25, 0.3) is 0 Å². The number of primary amides is 1. The Labute approximate surface area is 175 Å². The number of hydrogen-bond acceptors (Lipinski definition) is 4. The minimum Gasteiger partial charge on any atom is -0.370 e. The van der Waals surface area contributed by atoms with E-state index in [1.54, 1.807) is 0 Å². The molecular weight excluding hydrogens is 396 g/mol. The van der Waals surface area contributed by atoms with E-state index >= 15 is 0 Å². The highest BCUT2D eigenvalue weighted by atomic mass is 35.5. The summed E-state index contributed by atoms with van der Waals surface area (Å²) in [5, 5.41) is 5.44. The Balaban J connectivity index is 1.65. The van der Waals surface area contributed by atoms with Crippen molar-refractivity contribution in [2.45, 2.75) is 39.9 Å². The van der Waals surface area contributed by atoms with Crippen LogP contribution < -0.4 is 15.5 Å². The fourth-order valence-corrected chi connectivity index (χ4v) is 4.19. The Morgan fingerprint density at radius 2 is 2.07 bits per heavy atom. The zero-order valence-electron chi connectivity index (χ0n) is 16.4. The number of benzene rings is 1. The quantitative estimate of drug-likeness (QED) is 0.656. The molecule has 7 nitrogen and oxygen atoms in total. The SMILES string of the molecule is CCn1c(CCC(N)=O)nn(C[NH+]2CCN(c3cc(Cl)ccc3C)CC2)c1=S. The number of carbonyl (C=O) groups excluding carboxylic acids is 1. The molecule has 0 unspecified atom stereocenters. The Hall–Kier alpha value is -1.90. The summed E-state index contributed by atoms with van der Waals surface area (Å²) >= 11 is 11.8. The number of aromatic nitrogens is 3. The van der Waals surface area contributed by atoms with Gasteiger partial charge in [0, 0.05) is 30.1 Å². The van der Waals surface area contributed by atoms with Gasteiger partial charge in [-0.1, -0.05) is 17.7 Å². The van der Waals surface area contributed by atoms with Crippen LogP contribution in [0.25, 0.3) is 0 Å². The molecule has 1 fully saturated rings. The maximum absolute atomic E-state index is 11.1. The summed E-state index contributed by atoms with van der Waals surface area (Å²) in [5.41, 5.74) is 7.74. The van der Waals surface area contributed by atoms with Crippen LogP contribution >= 0.6 is 23.8 Å². The number of amides is 1. The van der Waals surface area contributed by atoms with Crippen LogP contribution in [0.4, 0.5) is 5.69 Å². The summed E-state index contributed by atoms with van der Waals surface area (Å²) in [4.78, 5) is 14.9. The lowest BCUT2D eigenvalue weighted by Gasteiger charge is -2.34. The largest absolute Gasteiger partial charge is 0.370 e. The molecule has 0 saturated carbocycles. The van der Waals surface area contributed by atoms with Crippen LogP contribution in [0.2, 0.25) is 5.02 Å². The third-order valence-corrected chi connectivity index (χ3v) is 5.93. The number of anilines is 1. The predicted molar refractivity (Wildman–Crippen MR) is 113 cm³/mol. The molecular formula is C19H28ClN6OS+. The molecule has 1 amide bonds. The van der Waals surface area contributed by atoms with Crippen LogP contribution in [0.5, 0.6) is 0 Å². The monoisotopic (exact) mass is 423 g/mol. The van der Waals surface area contributed by atoms with Gasteiger partial charge in [-0.3, -0.25) is 4.79 Å². The fourth-order valence-electron chi connectivity index (χ4n) is 3.68. The van der Waals surface area contributed by atoms with Gasteiger partial charge in [0.1, 0.15) is 5.82 Å². The zero-order valence-corrected chi connectivity index (χ0v) is 18.0. The minimum absolute atomic E-state index is 0.288. The lowest BCUT2D eigenvalue weighted by Crippen LogP contribution is -3.14. The molecule has 1 aromatic carbocycles. The Bertz CT molecular complexity index is 900. The second-order valence-electron chi connectivity index (χ2n) is 7.23. The summed E-state index contributed by atoms with van der Waals surface area (Å²) in [6, 6.07) is 6.05. The molecule has 0 radical (unpaired) electrons. The summed E-state index contributed by atoms with van der Waals surface area (Å²) in [6.45, 7) is 9.57. The Kier molecular flexibility index (Phi) is 6.74. The van der Waals surface area contributed by atoms with E-state index < -0.39 is 0 Å². The fraction of sp³-hybridized carbons (Fsp3) is 0.526. The van der Waals surface area contributed by atoms with Gasteiger partial charge < -0.3 is 20.1 Å². The number of quaternary nitrogens is 1. The first-order valence-electron chi connectivity index (χ1n) is 9.68. The molecule has 1 aliphatic heterocycles. The molecule has 3 N–H and O–H groups in total. The number of aryl methyl sites for hydroxylation is 2. The summed E-state index contributed by atoms with van der Waals surface area (Å²) in [5.74, 6) is 0.514. The molecule has 9 heteroatoms. The van der Waals surface area contributed by atoms with Gasteiger partial charge in [-0.2, -0.15) is 9.78 Å². The van der Waals surface area contributed by atoms with E-state index in [0.717, 1.165) is 50.2 Å². The van der Waals surface area contributed by atoms with Gasteiger partial charge in [-0.05, 0) is 43.8 Å². The number of nitrogens with zero attached hydrogens (tertiary/aromatic N) is 4. The molecule has 28 heavy (non-hydrogen) atoms. The smallest absolute Gasteiger partial charge is 0.217 e. The molecule has 0 atom stereocenters. The molecule has 2 heterocycles.